The van der Waals surface area contributed by atoms with E-state index in [4.69, 9.17) is 0 Å². The molecule has 0 bridgehead atoms. The third-order valence-electron chi connectivity index (χ3n) is 4.33. The minimum absolute atomic E-state index is 0.107. The highest BCUT2D eigenvalue weighted by atomic mass is 19.4. The van der Waals surface area contributed by atoms with Gasteiger partial charge in [0.1, 0.15) is 0 Å². The maximum Gasteiger partial charge on any atom is 0.416 e. The molecule has 3 nitrogen and oxygen atoms in total. The van der Waals surface area contributed by atoms with Gasteiger partial charge in [0.2, 0.25) is 0 Å². The van der Waals surface area contributed by atoms with Crippen molar-refractivity contribution in [2.75, 3.05) is 6.54 Å². The molecule has 28 heavy (non-hydrogen) atoms. The molecule has 0 aliphatic rings. The molecule has 0 aromatic heterocycles. The van der Waals surface area contributed by atoms with Crippen LogP contribution in [0.3, 0.4) is 0 Å². The number of aliphatic hydroxyl groups is 1. The van der Waals surface area contributed by atoms with Crippen LogP contribution in [0.25, 0.3) is 11.1 Å². The summed E-state index contributed by atoms with van der Waals surface area (Å²) in [6.07, 6.45) is -5.53. The van der Waals surface area contributed by atoms with E-state index < -0.39 is 17.8 Å². The number of rotatable bonds is 5. The normalized spacial score (nSPS) is 12.4. The SMILES string of the molecule is O=C(NCC(O)c1ccc(C(F)(F)F)cc1)c1ccc(-c2ccccc2)cc1. The van der Waals surface area contributed by atoms with Crippen molar-refractivity contribution in [3.8, 4) is 11.1 Å². The number of carbonyl (C=O) groups excluding carboxylic acids is 1. The van der Waals surface area contributed by atoms with Crippen molar-refractivity contribution in [3.63, 3.8) is 0 Å². The molecule has 0 aliphatic heterocycles. The van der Waals surface area contributed by atoms with Crippen molar-refractivity contribution in [1.29, 1.82) is 0 Å². The number of alkyl halides is 3. The van der Waals surface area contributed by atoms with Crippen LogP contribution < -0.4 is 5.32 Å². The molecule has 3 aromatic carbocycles. The van der Waals surface area contributed by atoms with Gasteiger partial charge in [0, 0.05) is 12.1 Å². The number of carbonyl (C=O) groups is 1. The summed E-state index contributed by atoms with van der Waals surface area (Å²) in [5.74, 6) is -0.370. The molecule has 0 saturated heterocycles. The summed E-state index contributed by atoms with van der Waals surface area (Å²) >= 11 is 0. The molecule has 1 unspecified atom stereocenters. The summed E-state index contributed by atoms with van der Waals surface area (Å²) in [4.78, 5) is 12.2. The average Bonchev–Trinajstić information content (AvgIpc) is 2.72. The van der Waals surface area contributed by atoms with Crippen LogP contribution in [0, 0.1) is 0 Å². The largest absolute Gasteiger partial charge is 0.416 e. The Bertz CT molecular complexity index is 921. The van der Waals surface area contributed by atoms with Crippen LogP contribution in [0.15, 0.2) is 78.9 Å². The molecule has 0 heterocycles. The van der Waals surface area contributed by atoms with E-state index in [0.29, 0.717) is 11.1 Å². The lowest BCUT2D eigenvalue weighted by Crippen LogP contribution is -2.28. The average molecular weight is 385 g/mol. The van der Waals surface area contributed by atoms with E-state index in [2.05, 4.69) is 5.32 Å². The molecule has 0 fully saturated rings. The minimum atomic E-state index is -4.43. The maximum atomic E-state index is 12.6. The van der Waals surface area contributed by atoms with Gasteiger partial charge in [-0.05, 0) is 41.0 Å². The first-order valence-corrected chi connectivity index (χ1v) is 8.63. The lowest BCUT2D eigenvalue weighted by Gasteiger charge is -2.14. The fourth-order valence-electron chi connectivity index (χ4n) is 2.75. The first kappa shape index (κ1) is 19.6. The van der Waals surface area contributed by atoms with E-state index in [1.54, 1.807) is 12.1 Å². The number of hydrogen-bond acceptors (Lipinski definition) is 2. The first-order chi connectivity index (χ1) is 13.3. The summed E-state index contributed by atoms with van der Waals surface area (Å²) in [6.45, 7) is -0.107. The van der Waals surface area contributed by atoms with Crippen molar-refractivity contribution < 1.29 is 23.1 Å². The van der Waals surface area contributed by atoms with E-state index in [-0.39, 0.29) is 12.5 Å². The Kier molecular flexibility index (Phi) is 5.80. The smallest absolute Gasteiger partial charge is 0.387 e. The van der Waals surface area contributed by atoms with E-state index in [9.17, 15) is 23.1 Å². The molecule has 0 saturated carbocycles. The molecule has 0 aliphatic carbocycles. The predicted octanol–water partition coefficient (Wildman–Crippen LogP) is 4.84. The van der Waals surface area contributed by atoms with Crippen LogP contribution in [0.2, 0.25) is 0 Å². The standard InChI is InChI=1S/C22H18F3NO2/c23-22(24,25)19-12-10-17(11-13-19)20(27)14-26-21(28)18-8-6-16(7-9-18)15-4-2-1-3-5-15/h1-13,20,27H,14H2,(H,26,28). The Morgan fingerprint density at radius 3 is 2.00 bits per heavy atom. The van der Waals surface area contributed by atoms with E-state index in [1.807, 2.05) is 42.5 Å². The van der Waals surface area contributed by atoms with Gasteiger partial charge in [-0.2, -0.15) is 13.2 Å². The number of benzene rings is 3. The Morgan fingerprint density at radius 2 is 1.43 bits per heavy atom. The topological polar surface area (TPSA) is 49.3 Å². The predicted molar refractivity (Wildman–Crippen MR) is 101 cm³/mol. The van der Waals surface area contributed by atoms with Gasteiger partial charge in [-0.15, -0.1) is 0 Å². The lowest BCUT2D eigenvalue weighted by molar-refractivity contribution is -0.137. The Morgan fingerprint density at radius 1 is 0.857 bits per heavy atom. The summed E-state index contributed by atoms with van der Waals surface area (Å²) in [5, 5.41) is 12.7. The van der Waals surface area contributed by atoms with Gasteiger partial charge in [-0.1, -0.05) is 54.6 Å². The quantitative estimate of drug-likeness (QED) is 0.661. The second-order valence-corrected chi connectivity index (χ2v) is 6.29. The number of amides is 1. The molecular weight excluding hydrogens is 367 g/mol. The molecule has 144 valence electrons. The lowest BCUT2D eigenvalue weighted by atomic mass is 10.0. The molecule has 0 spiro atoms. The van der Waals surface area contributed by atoms with Crippen LogP contribution in [-0.2, 0) is 6.18 Å². The maximum absolute atomic E-state index is 12.6. The van der Waals surface area contributed by atoms with Crippen molar-refractivity contribution in [2.24, 2.45) is 0 Å². The fraction of sp³-hybridized carbons (Fsp3) is 0.136. The number of halogens is 3. The molecule has 1 amide bonds. The molecule has 2 N–H and O–H groups in total. The number of aliphatic hydroxyl groups excluding tert-OH is 1. The fourth-order valence-corrected chi connectivity index (χ4v) is 2.75. The molecule has 3 rings (SSSR count). The summed E-state index contributed by atoms with van der Waals surface area (Å²) in [7, 11) is 0. The third-order valence-corrected chi connectivity index (χ3v) is 4.33. The zero-order valence-corrected chi connectivity index (χ0v) is 14.8. The van der Waals surface area contributed by atoms with Gasteiger partial charge in [0.25, 0.3) is 5.91 Å². The Labute approximate surface area is 160 Å². The summed E-state index contributed by atoms with van der Waals surface area (Å²) in [5.41, 5.74) is 1.95. The highest BCUT2D eigenvalue weighted by Gasteiger charge is 2.30. The van der Waals surface area contributed by atoms with Gasteiger partial charge in [-0.25, -0.2) is 0 Å². The molecular formula is C22H18F3NO2. The Hall–Kier alpha value is -3.12. The Balaban J connectivity index is 1.59. The van der Waals surface area contributed by atoms with E-state index in [1.165, 1.54) is 12.1 Å². The molecule has 3 aromatic rings. The van der Waals surface area contributed by atoms with E-state index in [0.717, 1.165) is 23.3 Å². The van der Waals surface area contributed by atoms with Crippen molar-refractivity contribution >= 4 is 5.91 Å². The zero-order chi connectivity index (χ0) is 20.1. The van der Waals surface area contributed by atoms with Crippen molar-refractivity contribution in [1.82, 2.24) is 5.32 Å². The molecule has 0 radical (unpaired) electrons. The third kappa shape index (κ3) is 4.78. The van der Waals surface area contributed by atoms with Crippen LogP contribution >= 0.6 is 0 Å². The van der Waals surface area contributed by atoms with Gasteiger partial charge < -0.3 is 10.4 Å². The summed E-state index contributed by atoms with van der Waals surface area (Å²) < 4.78 is 37.7. The summed E-state index contributed by atoms with van der Waals surface area (Å²) in [6, 6.07) is 21.0. The van der Waals surface area contributed by atoms with Gasteiger partial charge in [0.15, 0.2) is 0 Å². The van der Waals surface area contributed by atoms with Crippen LogP contribution in [0.4, 0.5) is 13.2 Å². The number of hydrogen-bond donors (Lipinski definition) is 2. The van der Waals surface area contributed by atoms with Crippen LogP contribution in [0.5, 0.6) is 0 Å². The second-order valence-electron chi connectivity index (χ2n) is 6.29. The monoisotopic (exact) mass is 385 g/mol. The van der Waals surface area contributed by atoms with Crippen LogP contribution in [-0.4, -0.2) is 17.6 Å². The van der Waals surface area contributed by atoms with Gasteiger partial charge >= 0.3 is 6.18 Å². The van der Waals surface area contributed by atoms with Crippen LogP contribution in [0.1, 0.15) is 27.6 Å². The van der Waals surface area contributed by atoms with Gasteiger partial charge in [-0.3, -0.25) is 4.79 Å². The number of nitrogens with one attached hydrogen (secondary N) is 1. The van der Waals surface area contributed by atoms with Crippen molar-refractivity contribution in [2.45, 2.75) is 12.3 Å². The molecule has 6 heteroatoms. The zero-order valence-electron chi connectivity index (χ0n) is 14.8. The highest BCUT2D eigenvalue weighted by Crippen LogP contribution is 2.29. The van der Waals surface area contributed by atoms with Gasteiger partial charge in [0.05, 0.1) is 11.7 Å². The highest BCUT2D eigenvalue weighted by molar-refractivity contribution is 5.94. The second kappa shape index (κ2) is 8.27. The van der Waals surface area contributed by atoms with E-state index >= 15 is 0 Å². The minimum Gasteiger partial charge on any atom is -0.387 e. The molecule has 1 atom stereocenters. The van der Waals surface area contributed by atoms with Crippen molar-refractivity contribution in [3.05, 3.63) is 95.6 Å². The first-order valence-electron chi connectivity index (χ1n) is 8.63.